The van der Waals surface area contributed by atoms with E-state index in [1.807, 2.05) is 26.0 Å². The lowest BCUT2D eigenvalue weighted by atomic mass is 10.5. The summed E-state index contributed by atoms with van der Waals surface area (Å²) in [5, 5.41) is 0. The Morgan fingerprint density at radius 1 is 1.42 bits per heavy atom. The summed E-state index contributed by atoms with van der Waals surface area (Å²) in [5.41, 5.74) is 1.82. The molecule has 0 fully saturated rings. The fraction of sp³-hybridized carbons (Fsp3) is 0.444. The highest BCUT2D eigenvalue weighted by Gasteiger charge is 2.09. The molecule has 0 aliphatic heterocycles. The van der Waals surface area contributed by atoms with E-state index >= 15 is 0 Å². The summed E-state index contributed by atoms with van der Waals surface area (Å²) >= 11 is 0. The van der Waals surface area contributed by atoms with Crippen LogP contribution in [0.3, 0.4) is 0 Å². The van der Waals surface area contributed by atoms with E-state index in [1.54, 1.807) is 11.5 Å². The Morgan fingerprint density at radius 2 is 1.92 bits per heavy atom. The Balaban J connectivity index is 2.93. The van der Waals surface area contributed by atoms with Crippen molar-refractivity contribution in [1.29, 1.82) is 0 Å². The second-order valence-corrected chi connectivity index (χ2v) is 2.65. The Labute approximate surface area is 72.0 Å². The molecule has 0 atom stereocenters. The van der Waals surface area contributed by atoms with Crippen LogP contribution in [0.4, 0.5) is 4.79 Å². The Bertz CT molecular complexity index is 269. The van der Waals surface area contributed by atoms with E-state index in [-0.39, 0.29) is 6.09 Å². The number of rotatable bonds is 1. The lowest BCUT2D eigenvalue weighted by molar-refractivity contribution is 0.153. The van der Waals surface area contributed by atoms with Gasteiger partial charge in [-0.1, -0.05) is 0 Å². The molecule has 1 aromatic heterocycles. The average molecular weight is 167 g/mol. The number of carbonyl (C=O) groups excluding carboxylic acids is 1. The van der Waals surface area contributed by atoms with Crippen molar-refractivity contribution >= 4 is 6.09 Å². The zero-order chi connectivity index (χ0) is 9.14. The van der Waals surface area contributed by atoms with Gasteiger partial charge in [-0.15, -0.1) is 0 Å². The second kappa shape index (κ2) is 3.43. The number of aromatic nitrogens is 1. The van der Waals surface area contributed by atoms with E-state index in [2.05, 4.69) is 0 Å². The van der Waals surface area contributed by atoms with Gasteiger partial charge >= 0.3 is 6.09 Å². The Hall–Kier alpha value is -1.25. The summed E-state index contributed by atoms with van der Waals surface area (Å²) in [5.74, 6) is 0. The summed E-state index contributed by atoms with van der Waals surface area (Å²) in [7, 11) is 0. The standard InChI is InChI=1S/C9H13NO2/c1-4-12-9(11)10-7(2)5-6-8(10)3/h5-6H,4H2,1-3H3. The number of ether oxygens (including phenoxy) is 1. The highest BCUT2D eigenvalue weighted by atomic mass is 16.5. The van der Waals surface area contributed by atoms with Crippen LogP contribution in [0.1, 0.15) is 18.3 Å². The van der Waals surface area contributed by atoms with E-state index in [0.717, 1.165) is 11.4 Å². The largest absolute Gasteiger partial charge is 0.449 e. The highest BCUT2D eigenvalue weighted by molar-refractivity contribution is 5.72. The molecule has 1 heterocycles. The van der Waals surface area contributed by atoms with Crippen LogP contribution in [0.5, 0.6) is 0 Å². The first-order chi connectivity index (χ1) is 5.66. The number of carbonyl (C=O) groups is 1. The van der Waals surface area contributed by atoms with Crippen LogP contribution in [-0.4, -0.2) is 17.3 Å². The first kappa shape index (κ1) is 8.84. The molecular formula is C9H13NO2. The molecule has 3 nitrogen and oxygen atoms in total. The van der Waals surface area contributed by atoms with Gasteiger partial charge in [0.25, 0.3) is 0 Å². The minimum atomic E-state index is -0.294. The van der Waals surface area contributed by atoms with E-state index < -0.39 is 0 Å². The van der Waals surface area contributed by atoms with Gasteiger partial charge < -0.3 is 4.74 Å². The van der Waals surface area contributed by atoms with Gasteiger partial charge in [0.1, 0.15) is 0 Å². The Kier molecular flexibility index (Phi) is 2.53. The molecule has 1 aromatic rings. The Morgan fingerprint density at radius 3 is 2.33 bits per heavy atom. The van der Waals surface area contributed by atoms with Gasteiger partial charge in [0.15, 0.2) is 0 Å². The molecule has 66 valence electrons. The van der Waals surface area contributed by atoms with Crippen LogP contribution in [0, 0.1) is 13.8 Å². The first-order valence-corrected chi connectivity index (χ1v) is 3.99. The SMILES string of the molecule is CCOC(=O)n1c(C)ccc1C. The smallest absolute Gasteiger partial charge is 0.418 e. The number of aryl methyl sites for hydroxylation is 2. The molecule has 0 saturated carbocycles. The van der Waals surface area contributed by atoms with Crippen molar-refractivity contribution in [2.45, 2.75) is 20.8 Å². The van der Waals surface area contributed by atoms with Crippen LogP contribution in [0.25, 0.3) is 0 Å². The van der Waals surface area contributed by atoms with Crippen molar-refractivity contribution < 1.29 is 9.53 Å². The number of nitrogens with zero attached hydrogens (tertiary/aromatic N) is 1. The molecule has 3 heteroatoms. The fourth-order valence-electron chi connectivity index (χ4n) is 1.14. The third-order valence-corrected chi connectivity index (χ3v) is 1.72. The lowest BCUT2D eigenvalue weighted by Crippen LogP contribution is -2.15. The van der Waals surface area contributed by atoms with Gasteiger partial charge in [0.2, 0.25) is 0 Å². The van der Waals surface area contributed by atoms with Crippen molar-refractivity contribution in [2.24, 2.45) is 0 Å². The average Bonchev–Trinajstić information content (AvgIpc) is 2.32. The maximum atomic E-state index is 11.3. The normalized spacial score (nSPS) is 9.92. The highest BCUT2D eigenvalue weighted by Crippen LogP contribution is 2.07. The molecule has 0 radical (unpaired) electrons. The molecule has 0 aliphatic carbocycles. The summed E-state index contributed by atoms with van der Waals surface area (Å²) in [4.78, 5) is 11.3. The van der Waals surface area contributed by atoms with Gasteiger partial charge in [-0.25, -0.2) is 4.79 Å². The van der Waals surface area contributed by atoms with Crippen LogP contribution in [0.15, 0.2) is 12.1 Å². The van der Waals surface area contributed by atoms with E-state index in [0.29, 0.717) is 6.61 Å². The molecule has 0 aromatic carbocycles. The third-order valence-electron chi connectivity index (χ3n) is 1.72. The zero-order valence-corrected chi connectivity index (χ0v) is 7.63. The van der Waals surface area contributed by atoms with Crippen LogP contribution >= 0.6 is 0 Å². The molecule has 0 amide bonds. The summed E-state index contributed by atoms with van der Waals surface area (Å²) < 4.78 is 6.43. The van der Waals surface area contributed by atoms with Crippen molar-refractivity contribution in [3.8, 4) is 0 Å². The predicted octanol–water partition coefficient (Wildman–Crippen LogP) is 2.11. The molecule has 0 N–H and O–H groups in total. The zero-order valence-electron chi connectivity index (χ0n) is 7.63. The minimum absolute atomic E-state index is 0.294. The van der Waals surface area contributed by atoms with E-state index in [1.165, 1.54) is 0 Å². The van der Waals surface area contributed by atoms with Crippen molar-refractivity contribution in [3.05, 3.63) is 23.5 Å². The van der Waals surface area contributed by atoms with Crippen molar-refractivity contribution in [3.63, 3.8) is 0 Å². The molecule has 0 spiro atoms. The predicted molar refractivity (Wildman–Crippen MR) is 46.3 cm³/mol. The van der Waals surface area contributed by atoms with Crippen molar-refractivity contribution in [1.82, 2.24) is 4.57 Å². The number of hydrogen-bond donors (Lipinski definition) is 0. The van der Waals surface area contributed by atoms with Gasteiger partial charge in [0.05, 0.1) is 6.61 Å². The third kappa shape index (κ3) is 1.49. The van der Waals surface area contributed by atoms with Gasteiger partial charge in [-0.05, 0) is 32.9 Å². The van der Waals surface area contributed by atoms with Gasteiger partial charge in [-0.3, -0.25) is 4.57 Å². The van der Waals surface area contributed by atoms with Crippen LogP contribution in [0.2, 0.25) is 0 Å². The van der Waals surface area contributed by atoms with E-state index in [4.69, 9.17) is 4.74 Å². The summed E-state index contributed by atoms with van der Waals surface area (Å²) in [6.07, 6.45) is -0.294. The summed E-state index contributed by atoms with van der Waals surface area (Å²) in [6, 6.07) is 3.79. The van der Waals surface area contributed by atoms with Crippen molar-refractivity contribution in [2.75, 3.05) is 6.61 Å². The second-order valence-electron chi connectivity index (χ2n) is 2.65. The topological polar surface area (TPSA) is 31.2 Å². The van der Waals surface area contributed by atoms with Crippen LogP contribution in [-0.2, 0) is 4.74 Å². The molecular weight excluding hydrogens is 154 g/mol. The van der Waals surface area contributed by atoms with Gasteiger partial charge in [0, 0.05) is 11.4 Å². The van der Waals surface area contributed by atoms with Crippen LogP contribution < -0.4 is 0 Å². The van der Waals surface area contributed by atoms with E-state index in [9.17, 15) is 4.79 Å². The fourth-order valence-corrected chi connectivity index (χ4v) is 1.14. The molecule has 0 aliphatic rings. The quantitative estimate of drug-likeness (QED) is 0.641. The monoisotopic (exact) mass is 167 g/mol. The maximum absolute atomic E-state index is 11.3. The molecule has 1 rings (SSSR count). The maximum Gasteiger partial charge on any atom is 0.418 e. The minimum Gasteiger partial charge on any atom is -0.449 e. The molecule has 12 heavy (non-hydrogen) atoms. The van der Waals surface area contributed by atoms with Gasteiger partial charge in [-0.2, -0.15) is 0 Å². The molecule has 0 unspecified atom stereocenters. The lowest BCUT2D eigenvalue weighted by Gasteiger charge is -2.06. The number of hydrogen-bond acceptors (Lipinski definition) is 2. The molecule has 0 saturated heterocycles. The summed E-state index contributed by atoms with van der Waals surface area (Å²) in [6.45, 7) is 5.97. The first-order valence-electron chi connectivity index (χ1n) is 3.99. The molecule has 0 bridgehead atoms.